The van der Waals surface area contributed by atoms with E-state index in [-0.39, 0.29) is 24.9 Å². The van der Waals surface area contributed by atoms with Crippen LogP contribution < -0.4 is 20.3 Å². The van der Waals surface area contributed by atoms with Crippen LogP contribution in [0, 0.1) is 0 Å². The molecule has 2 amide bonds. The number of anilines is 2. The minimum absolute atomic E-state index is 0.0808. The van der Waals surface area contributed by atoms with Gasteiger partial charge in [-0.1, -0.05) is 18.2 Å². The van der Waals surface area contributed by atoms with E-state index < -0.39 is 0 Å². The number of rotatable bonds is 6. The molecule has 2 aromatic carbocycles. The first-order valence-corrected chi connectivity index (χ1v) is 7.53. The maximum Gasteiger partial charge on any atom is 0.246 e. The number of carbonyl (C=O) groups is 2. The standard InChI is InChI=1S/C18H21N3O3/c1-20(14-8-10-16(24-2)11-9-14)18(23)13-21(17(22)12-19)15-6-4-3-5-7-15/h3-11H,12-13,19H2,1-2H3. The first-order valence-electron chi connectivity index (χ1n) is 7.53. The van der Waals surface area contributed by atoms with Crippen LogP contribution in [0.5, 0.6) is 5.75 Å². The lowest BCUT2D eigenvalue weighted by Crippen LogP contribution is -2.44. The van der Waals surface area contributed by atoms with Gasteiger partial charge in [-0.3, -0.25) is 9.59 Å². The highest BCUT2D eigenvalue weighted by Gasteiger charge is 2.20. The van der Waals surface area contributed by atoms with Gasteiger partial charge < -0.3 is 20.3 Å². The molecule has 24 heavy (non-hydrogen) atoms. The molecule has 0 aromatic heterocycles. The van der Waals surface area contributed by atoms with Crippen molar-refractivity contribution in [3.63, 3.8) is 0 Å². The van der Waals surface area contributed by atoms with Crippen LogP contribution in [0.15, 0.2) is 54.6 Å². The van der Waals surface area contributed by atoms with Gasteiger partial charge in [0, 0.05) is 18.4 Å². The van der Waals surface area contributed by atoms with E-state index in [2.05, 4.69) is 0 Å². The molecule has 2 rings (SSSR count). The zero-order valence-electron chi connectivity index (χ0n) is 13.8. The quantitative estimate of drug-likeness (QED) is 0.875. The molecule has 0 saturated heterocycles. The smallest absolute Gasteiger partial charge is 0.246 e. The number of likely N-dealkylation sites (N-methyl/N-ethyl adjacent to an activating group) is 1. The number of ether oxygens (including phenoxy) is 1. The van der Waals surface area contributed by atoms with Crippen LogP contribution in [-0.4, -0.2) is 39.1 Å². The predicted octanol–water partition coefficient (Wildman–Crippen LogP) is 1.65. The van der Waals surface area contributed by atoms with Crippen molar-refractivity contribution in [2.24, 2.45) is 5.73 Å². The number of nitrogens with zero attached hydrogens (tertiary/aromatic N) is 2. The third kappa shape index (κ3) is 4.11. The number of benzene rings is 2. The summed E-state index contributed by atoms with van der Waals surface area (Å²) in [6, 6.07) is 16.1. The molecule has 6 heteroatoms. The van der Waals surface area contributed by atoms with E-state index in [0.717, 1.165) is 0 Å². The number of amides is 2. The van der Waals surface area contributed by atoms with Crippen molar-refractivity contribution < 1.29 is 14.3 Å². The molecule has 0 radical (unpaired) electrons. The Kier molecular flexibility index (Phi) is 5.92. The SMILES string of the molecule is COc1ccc(N(C)C(=O)CN(C(=O)CN)c2ccccc2)cc1. The molecular weight excluding hydrogens is 306 g/mol. The van der Waals surface area contributed by atoms with Crippen molar-refractivity contribution in [2.75, 3.05) is 37.0 Å². The van der Waals surface area contributed by atoms with Crippen molar-refractivity contribution in [1.82, 2.24) is 0 Å². The zero-order chi connectivity index (χ0) is 17.5. The van der Waals surface area contributed by atoms with Gasteiger partial charge in [-0.25, -0.2) is 0 Å². The fourth-order valence-electron chi connectivity index (χ4n) is 2.23. The Morgan fingerprint density at radius 3 is 2.12 bits per heavy atom. The van der Waals surface area contributed by atoms with Crippen LogP contribution >= 0.6 is 0 Å². The van der Waals surface area contributed by atoms with E-state index in [4.69, 9.17) is 10.5 Å². The Hall–Kier alpha value is -2.86. The van der Waals surface area contributed by atoms with Crippen molar-refractivity contribution >= 4 is 23.2 Å². The molecule has 0 atom stereocenters. The normalized spacial score (nSPS) is 10.1. The molecule has 0 saturated carbocycles. The van der Waals surface area contributed by atoms with Crippen molar-refractivity contribution in [1.29, 1.82) is 0 Å². The van der Waals surface area contributed by atoms with Gasteiger partial charge in [0.25, 0.3) is 0 Å². The number of nitrogens with two attached hydrogens (primary N) is 1. The van der Waals surface area contributed by atoms with Gasteiger partial charge in [-0.2, -0.15) is 0 Å². The lowest BCUT2D eigenvalue weighted by atomic mass is 10.2. The zero-order valence-corrected chi connectivity index (χ0v) is 13.8. The van der Waals surface area contributed by atoms with Crippen LogP contribution in [0.3, 0.4) is 0 Å². The first-order chi connectivity index (χ1) is 11.6. The van der Waals surface area contributed by atoms with Crippen molar-refractivity contribution in [3.05, 3.63) is 54.6 Å². The molecule has 0 aliphatic heterocycles. The van der Waals surface area contributed by atoms with Gasteiger partial charge in [0.15, 0.2) is 0 Å². The number of para-hydroxylation sites is 1. The Balaban J connectivity index is 2.15. The lowest BCUT2D eigenvalue weighted by molar-refractivity contribution is -0.121. The summed E-state index contributed by atoms with van der Waals surface area (Å²) in [5, 5.41) is 0. The average molecular weight is 327 g/mol. The fraction of sp³-hybridized carbons (Fsp3) is 0.222. The van der Waals surface area contributed by atoms with E-state index in [1.54, 1.807) is 50.6 Å². The summed E-state index contributed by atoms with van der Waals surface area (Å²) in [5.74, 6) is 0.187. The highest BCUT2D eigenvalue weighted by molar-refractivity contribution is 6.04. The molecule has 0 fully saturated rings. The molecule has 0 unspecified atom stereocenters. The van der Waals surface area contributed by atoms with Gasteiger partial charge in [0.1, 0.15) is 12.3 Å². The second-order valence-electron chi connectivity index (χ2n) is 5.17. The van der Waals surface area contributed by atoms with E-state index in [1.807, 2.05) is 18.2 Å². The van der Waals surface area contributed by atoms with E-state index in [9.17, 15) is 9.59 Å². The van der Waals surface area contributed by atoms with Crippen molar-refractivity contribution in [2.45, 2.75) is 0 Å². The average Bonchev–Trinajstić information content (AvgIpc) is 2.65. The third-order valence-corrected chi connectivity index (χ3v) is 3.67. The number of hydrogen-bond acceptors (Lipinski definition) is 4. The molecule has 6 nitrogen and oxygen atoms in total. The van der Waals surface area contributed by atoms with Crippen LogP contribution in [0.1, 0.15) is 0 Å². The minimum atomic E-state index is -0.308. The van der Waals surface area contributed by atoms with Crippen LogP contribution in [0.4, 0.5) is 11.4 Å². The van der Waals surface area contributed by atoms with Crippen LogP contribution in [0.2, 0.25) is 0 Å². The maximum atomic E-state index is 12.6. The van der Waals surface area contributed by atoms with Gasteiger partial charge in [0.05, 0.1) is 13.7 Å². The summed E-state index contributed by atoms with van der Waals surface area (Å²) in [6.45, 7) is -0.239. The Morgan fingerprint density at radius 2 is 1.58 bits per heavy atom. The Bertz CT molecular complexity index is 686. The highest BCUT2D eigenvalue weighted by Crippen LogP contribution is 2.19. The van der Waals surface area contributed by atoms with Crippen LogP contribution in [-0.2, 0) is 9.59 Å². The number of carbonyl (C=O) groups excluding carboxylic acids is 2. The second kappa shape index (κ2) is 8.12. The van der Waals surface area contributed by atoms with Gasteiger partial charge in [-0.15, -0.1) is 0 Å². The van der Waals surface area contributed by atoms with E-state index >= 15 is 0 Å². The summed E-state index contributed by atoms with van der Waals surface area (Å²) in [6.07, 6.45) is 0. The third-order valence-electron chi connectivity index (χ3n) is 3.67. The summed E-state index contributed by atoms with van der Waals surface area (Å²) in [7, 11) is 3.25. The second-order valence-corrected chi connectivity index (χ2v) is 5.17. The largest absolute Gasteiger partial charge is 0.497 e. The molecule has 0 heterocycles. The molecule has 0 aliphatic rings. The summed E-state index contributed by atoms with van der Waals surface area (Å²) >= 11 is 0. The Labute approximate surface area is 141 Å². The maximum absolute atomic E-state index is 12.6. The molecule has 0 bridgehead atoms. The molecular formula is C18H21N3O3. The monoisotopic (exact) mass is 327 g/mol. The van der Waals surface area contributed by atoms with Crippen molar-refractivity contribution in [3.8, 4) is 5.75 Å². The predicted molar refractivity (Wildman–Crippen MR) is 94.3 cm³/mol. The van der Waals surface area contributed by atoms with Gasteiger partial charge in [-0.05, 0) is 36.4 Å². The lowest BCUT2D eigenvalue weighted by Gasteiger charge is -2.25. The molecule has 126 valence electrons. The van der Waals surface area contributed by atoms with Gasteiger partial charge >= 0.3 is 0 Å². The summed E-state index contributed by atoms with van der Waals surface area (Å²) < 4.78 is 5.11. The number of methoxy groups -OCH3 is 1. The topological polar surface area (TPSA) is 75.9 Å². The van der Waals surface area contributed by atoms with Crippen LogP contribution in [0.25, 0.3) is 0 Å². The summed E-state index contributed by atoms with van der Waals surface area (Å²) in [4.78, 5) is 27.6. The molecule has 0 aliphatic carbocycles. The van der Waals surface area contributed by atoms with E-state index in [0.29, 0.717) is 17.1 Å². The highest BCUT2D eigenvalue weighted by atomic mass is 16.5. The molecule has 0 spiro atoms. The fourth-order valence-corrected chi connectivity index (χ4v) is 2.23. The minimum Gasteiger partial charge on any atom is -0.497 e. The first kappa shape index (κ1) is 17.5. The Morgan fingerprint density at radius 1 is 0.958 bits per heavy atom. The van der Waals surface area contributed by atoms with Gasteiger partial charge in [0.2, 0.25) is 11.8 Å². The van der Waals surface area contributed by atoms with E-state index in [1.165, 1.54) is 9.80 Å². The molecule has 2 N–H and O–H groups in total. The molecule has 2 aromatic rings. The summed E-state index contributed by atoms with van der Waals surface area (Å²) in [5.41, 5.74) is 6.83. The number of hydrogen-bond donors (Lipinski definition) is 1.